The van der Waals surface area contributed by atoms with Crippen LogP contribution in [0.3, 0.4) is 0 Å². The molecule has 1 aliphatic heterocycles. The topological polar surface area (TPSA) is 99.5 Å². The van der Waals surface area contributed by atoms with Gasteiger partial charge in [-0.1, -0.05) is 44.0 Å². The molecule has 1 heterocycles. The second kappa shape index (κ2) is 12.4. The molecule has 1 saturated heterocycles. The lowest BCUT2D eigenvalue weighted by Crippen LogP contribution is -2.40. The van der Waals surface area contributed by atoms with Crippen LogP contribution >= 0.6 is 20.4 Å². The number of carbonyl (C=O) groups excluding carboxylic acids is 1. The standard InChI is InChI=1S/C23H27F3NO6PS/c1-2-3-7-19(28)16-8-10-17(11-9-16)27-20(35-21(22(27)29)23(24,25)26)14-32-13-15-5-4-6-18(12-15)33-34(30)31/h4-6,8-12,19-21,28,30-31H,2-3,7,13-14H2,1H3. The zero-order valence-corrected chi connectivity index (χ0v) is 20.6. The van der Waals surface area contributed by atoms with Gasteiger partial charge in [0.1, 0.15) is 11.1 Å². The van der Waals surface area contributed by atoms with Gasteiger partial charge in [-0.15, -0.1) is 11.8 Å². The van der Waals surface area contributed by atoms with Crippen molar-refractivity contribution < 1.29 is 42.1 Å². The quantitative estimate of drug-likeness (QED) is 0.348. The number of halogens is 3. The van der Waals surface area contributed by atoms with Crippen molar-refractivity contribution >= 4 is 32.0 Å². The van der Waals surface area contributed by atoms with E-state index in [4.69, 9.17) is 19.0 Å². The van der Waals surface area contributed by atoms with Crippen molar-refractivity contribution in [3.05, 3.63) is 59.7 Å². The molecule has 1 aliphatic rings. The highest BCUT2D eigenvalue weighted by Crippen LogP contribution is 2.43. The van der Waals surface area contributed by atoms with E-state index in [1.807, 2.05) is 6.92 Å². The summed E-state index contributed by atoms with van der Waals surface area (Å²) in [6.07, 6.45) is -3.04. The lowest BCUT2D eigenvalue weighted by molar-refractivity contribution is -0.147. The Morgan fingerprint density at radius 1 is 1.17 bits per heavy atom. The minimum absolute atomic E-state index is 0.0182. The van der Waals surface area contributed by atoms with Crippen molar-refractivity contribution in [1.82, 2.24) is 0 Å². The largest absolute Gasteiger partial charge is 0.427 e. The Balaban J connectivity index is 1.72. The third-order valence-corrected chi connectivity index (χ3v) is 7.12. The SMILES string of the molecule is CCCCC(O)c1ccc(N2C(=O)C(C(F)(F)F)SC2COCc2cccc(OP(O)O)c2)cc1. The van der Waals surface area contributed by atoms with Crippen molar-refractivity contribution in [1.29, 1.82) is 0 Å². The Hall–Kier alpha value is -1.88. The molecule has 0 aromatic heterocycles. The lowest BCUT2D eigenvalue weighted by Gasteiger charge is -2.24. The Labute approximate surface area is 206 Å². The number of thioether (sulfide) groups is 1. The highest BCUT2D eigenvalue weighted by Gasteiger charge is 2.55. The van der Waals surface area contributed by atoms with E-state index >= 15 is 0 Å². The van der Waals surface area contributed by atoms with Gasteiger partial charge in [-0.25, -0.2) is 0 Å². The number of hydrogen-bond donors (Lipinski definition) is 3. The number of carbonyl (C=O) groups is 1. The molecule has 0 bridgehead atoms. The minimum atomic E-state index is -4.70. The average molecular weight is 534 g/mol. The van der Waals surface area contributed by atoms with E-state index in [-0.39, 0.29) is 19.0 Å². The monoisotopic (exact) mass is 533 g/mol. The van der Waals surface area contributed by atoms with Gasteiger partial charge in [-0.3, -0.25) is 9.69 Å². The first-order chi connectivity index (χ1) is 16.6. The van der Waals surface area contributed by atoms with Gasteiger partial charge >= 0.3 is 14.8 Å². The zero-order chi connectivity index (χ0) is 25.6. The third kappa shape index (κ3) is 7.55. The van der Waals surface area contributed by atoms with Crippen LogP contribution in [0.2, 0.25) is 0 Å². The Kier molecular flexibility index (Phi) is 9.80. The van der Waals surface area contributed by atoms with E-state index < -0.39 is 37.4 Å². The van der Waals surface area contributed by atoms with Gasteiger partial charge in [-0.2, -0.15) is 13.2 Å². The second-order valence-corrected chi connectivity index (χ2v) is 9.95. The fourth-order valence-corrected chi connectivity index (χ4v) is 5.18. The molecule has 0 spiro atoms. The fraction of sp³-hybridized carbons (Fsp3) is 0.435. The van der Waals surface area contributed by atoms with E-state index in [1.165, 1.54) is 24.3 Å². The van der Waals surface area contributed by atoms with E-state index in [0.717, 1.165) is 17.7 Å². The molecule has 3 unspecified atom stereocenters. The van der Waals surface area contributed by atoms with Crippen LogP contribution in [0.25, 0.3) is 0 Å². The fourth-order valence-electron chi connectivity index (χ4n) is 3.65. The van der Waals surface area contributed by atoms with Gasteiger partial charge in [0.05, 0.1) is 19.3 Å². The molecule has 0 aliphatic carbocycles. The van der Waals surface area contributed by atoms with Gasteiger partial charge in [0.15, 0.2) is 5.25 Å². The number of anilines is 1. The normalized spacial score (nSPS) is 19.4. The van der Waals surface area contributed by atoms with Gasteiger partial charge in [0.25, 0.3) is 5.91 Å². The summed E-state index contributed by atoms with van der Waals surface area (Å²) in [5, 5.41) is 7.16. The summed E-state index contributed by atoms with van der Waals surface area (Å²) < 4.78 is 51.0. The van der Waals surface area contributed by atoms with Crippen molar-refractivity contribution in [2.24, 2.45) is 0 Å². The summed E-state index contributed by atoms with van der Waals surface area (Å²) in [5.74, 6) is -0.849. The number of aliphatic hydroxyl groups is 1. The maximum absolute atomic E-state index is 13.5. The Morgan fingerprint density at radius 2 is 1.89 bits per heavy atom. The summed E-state index contributed by atoms with van der Waals surface area (Å²) in [4.78, 5) is 31.8. The van der Waals surface area contributed by atoms with Crippen LogP contribution in [0, 0.1) is 0 Å². The molecule has 35 heavy (non-hydrogen) atoms. The summed E-state index contributed by atoms with van der Waals surface area (Å²) in [5.41, 5.74) is 1.54. The maximum Gasteiger partial charge on any atom is 0.409 e. The first kappa shape index (κ1) is 27.7. The molecule has 192 valence electrons. The molecule has 0 radical (unpaired) electrons. The summed E-state index contributed by atoms with van der Waals surface area (Å²) >= 11 is 0.486. The Morgan fingerprint density at radius 3 is 2.51 bits per heavy atom. The molecule has 3 rings (SSSR count). The molecule has 1 amide bonds. The summed E-state index contributed by atoms with van der Waals surface area (Å²) in [7, 11) is -2.58. The number of nitrogens with zero attached hydrogens (tertiary/aromatic N) is 1. The van der Waals surface area contributed by atoms with Crippen molar-refractivity contribution in [3.63, 3.8) is 0 Å². The van der Waals surface area contributed by atoms with Crippen LogP contribution in [-0.4, -0.2) is 44.2 Å². The van der Waals surface area contributed by atoms with Crippen LogP contribution in [-0.2, 0) is 16.1 Å². The molecule has 0 saturated carbocycles. The molecule has 2 aromatic rings. The summed E-state index contributed by atoms with van der Waals surface area (Å²) in [6.45, 7) is 1.86. The number of ether oxygens (including phenoxy) is 1. The average Bonchev–Trinajstić information content (AvgIpc) is 3.14. The van der Waals surface area contributed by atoms with Crippen LogP contribution in [0.4, 0.5) is 18.9 Å². The molecule has 7 nitrogen and oxygen atoms in total. The van der Waals surface area contributed by atoms with Crippen LogP contribution < -0.4 is 9.42 Å². The first-order valence-corrected chi connectivity index (χ1v) is 13.1. The van der Waals surface area contributed by atoms with Gasteiger partial charge in [0, 0.05) is 5.69 Å². The van der Waals surface area contributed by atoms with E-state index in [1.54, 1.807) is 24.3 Å². The predicted octanol–water partition coefficient (Wildman–Crippen LogP) is 5.05. The zero-order valence-electron chi connectivity index (χ0n) is 18.9. The number of benzene rings is 2. The van der Waals surface area contributed by atoms with Gasteiger partial charge < -0.3 is 24.2 Å². The predicted molar refractivity (Wildman–Crippen MR) is 128 cm³/mol. The third-order valence-electron chi connectivity index (χ3n) is 5.34. The molecule has 3 N–H and O–H groups in total. The molecule has 2 aromatic carbocycles. The number of unbranched alkanes of at least 4 members (excludes halogenated alkanes) is 1. The second-order valence-electron chi connectivity index (χ2n) is 7.98. The highest BCUT2D eigenvalue weighted by atomic mass is 32.2. The number of amides is 1. The number of alkyl halides is 3. The molecule has 12 heteroatoms. The lowest BCUT2D eigenvalue weighted by atomic mass is 10.0. The number of aliphatic hydroxyl groups excluding tert-OH is 1. The molecular weight excluding hydrogens is 506 g/mol. The number of rotatable bonds is 11. The smallest absolute Gasteiger partial charge is 0.409 e. The van der Waals surface area contributed by atoms with Gasteiger partial charge in [0.2, 0.25) is 0 Å². The first-order valence-electron chi connectivity index (χ1n) is 11.0. The molecular formula is C23H27F3NO6PS. The number of hydrogen-bond acceptors (Lipinski definition) is 7. The van der Waals surface area contributed by atoms with Crippen LogP contribution in [0.5, 0.6) is 5.75 Å². The Bertz CT molecular complexity index is 978. The van der Waals surface area contributed by atoms with E-state index in [2.05, 4.69) is 0 Å². The van der Waals surface area contributed by atoms with E-state index in [0.29, 0.717) is 35.0 Å². The van der Waals surface area contributed by atoms with Crippen LogP contribution in [0.1, 0.15) is 43.4 Å². The van der Waals surface area contributed by atoms with Crippen molar-refractivity contribution in [2.45, 2.75) is 55.7 Å². The van der Waals surface area contributed by atoms with Gasteiger partial charge in [-0.05, 0) is 41.8 Å². The van der Waals surface area contributed by atoms with Crippen LogP contribution in [0.15, 0.2) is 48.5 Å². The molecule has 1 fully saturated rings. The van der Waals surface area contributed by atoms with Crippen molar-refractivity contribution in [2.75, 3.05) is 11.5 Å². The molecule has 3 atom stereocenters. The minimum Gasteiger partial charge on any atom is -0.427 e. The van der Waals surface area contributed by atoms with Crippen molar-refractivity contribution in [3.8, 4) is 5.75 Å². The maximum atomic E-state index is 13.5. The summed E-state index contributed by atoms with van der Waals surface area (Å²) in [6, 6.07) is 12.7. The van der Waals surface area contributed by atoms with E-state index in [9.17, 15) is 23.1 Å². The highest BCUT2D eigenvalue weighted by molar-refractivity contribution is 8.02.